The van der Waals surface area contributed by atoms with Crippen LogP contribution in [-0.4, -0.2) is 93.4 Å². The molecule has 2 aliphatic heterocycles. The van der Waals surface area contributed by atoms with Gasteiger partial charge in [-0.15, -0.1) is 0 Å². The average Bonchev–Trinajstić information content (AvgIpc) is 3.01. The van der Waals surface area contributed by atoms with E-state index >= 15 is 0 Å². The molecule has 2 fully saturated rings. The van der Waals surface area contributed by atoms with Gasteiger partial charge in [0.05, 0.1) is 24.0 Å². The molecule has 0 bridgehead atoms. The predicted octanol–water partition coefficient (Wildman–Crippen LogP) is 5.46. The van der Waals surface area contributed by atoms with Gasteiger partial charge in [-0.3, -0.25) is 14.6 Å². The SMILES string of the molecule is CC(CCN1CCN(c2cnc(Oc3cc(CN4CCC(CCO)CC4)cc(-c4cc(Cl)cc(Cl)c4)n3)cn2)CC1)C(=O)O. The van der Waals surface area contributed by atoms with Crippen molar-refractivity contribution in [2.24, 2.45) is 11.8 Å². The fourth-order valence-corrected chi connectivity index (χ4v) is 6.29. The molecule has 4 heterocycles. The number of pyridine rings is 1. The summed E-state index contributed by atoms with van der Waals surface area (Å²) in [5.74, 6) is 1.03. The van der Waals surface area contributed by atoms with E-state index in [1.165, 1.54) is 0 Å². The first-order valence-electron chi connectivity index (χ1n) is 15.3. The third kappa shape index (κ3) is 9.01. The summed E-state index contributed by atoms with van der Waals surface area (Å²) in [6.07, 6.45) is 7.00. The monoisotopic (exact) mass is 642 g/mol. The highest BCUT2D eigenvalue weighted by Gasteiger charge is 2.22. The summed E-state index contributed by atoms with van der Waals surface area (Å²) in [5.41, 5.74) is 2.56. The van der Waals surface area contributed by atoms with Gasteiger partial charge < -0.3 is 19.8 Å². The van der Waals surface area contributed by atoms with Crippen molar-refractivity contribution in [3.05, 3.63) is 58.3 Å². The lowest BCUT2D eigenvalue weighted by molar-refractivity contribution is -0.141. The maximum absolute atomic E-state index is 11.1. The van der Waals surface area contributed by atoms with Gasteiger partial charge in [0.25, 0.3) is 0 Å². The Kier molecular flexibility index (Phi) is 11.3. The zero-order valence-electron chi connectivity index (χ0n) is 25.0. The number of nitrogens with zero attached hydrogens (tertiary/aromatic N) is 6. The number of aromatic nitrogens is 3. The molecule has 236 valence electrons. The predicted molar refractivity (Wildman–Crippen MR) is 172 cm³/mol. The number of benzene rings is 1. The van der Waals surface area contributed by atoms with Gasteiger partial charge in [-0.1, -0.05) is 30.1 Å². The van der Waals surface area contributed by atoms with Crippen LogP contribution in [-0.2, 0) is 11.3 Å². The molecule has 2 aromatic heterocycles. The number of aliphatic carboxylic acids is 1. The number of likely N-dealkylation sites (tertiary alicyclic amines) is 1. The van der Waals surface area contributed by atoms with Crippen molar-refractivity contribution in [3.63, 3.8) is 0 Å². The van der Waals surface area contributed by atoms with Gasteiger partial charge in [0.15, 0.2) is 0 Å². The molecular weight excluding hydrogens is 603 g/mol. The number of carboxylic acid groups (broad SMARTS) is 1. The minimum absolute atomic E-state index is 0.247. The number of ether oxygens (including phenoxy) is 1. The van der Waals surface area contributed by atoms with E-state index in [1.807, 2.05) is 24.3 Å². The lowest BCUT2D eigenvalue weighted by Crippen LogP contribution is -2.47. The second-order valence-corrected chi connectivity index (χ2v) is 12.6. The fourth-order valence-electron chi connectivity index (χ4n) is 5.76. The van der Waals surface area contributed by atoms with E-state index in [1.54, 1.807) is 25.4 Å². The first-order valence-corrected chi connectivity index (χ1v) is 16.0. The summed E-state index contributed by atoms with van der Waals surface area (Å²) < 4.78 is 6.14. The lowest BCUT2D eigenvalue weighted by Gasteiger charge is -2.35. The number of halogens is 2. The Labute approximate surface area is 268 Å². The van der Waals surface area contributed by atoms with Crippen molar-refractivity contribution in [3.8, 4) is 23.0 Å². The molecule has 5 rings (SSSR count). The quantitative estimate of drug-likeness (QED) is 0.264. The molecule has 2 saturated heterocycles. The third-order valence-corrected chi connectivity index (χ3v) is 8.93. The van der Waals surface area contributed by atoms with Crippen molar-refractivity contribution in [2.75, 3.05) is 57.3 Å². The van der Waals surface area contributed by atoms with E-state index in [9.17, 15) is 9.90 Å². The first kappa shape index (κ1) is 32.4. The van der Waals surface area contributed by atoms with Gasteiger partial charge in [0, 0.05) is 61.0 Å². The minimum Gasteiger partial charge on any atom is -0.481 e. The van der Waals surface area contributed by atoms with Crippen molar-refractivity contribution in [2.45, 2.75) is 39.2 Å². The molecule has 0 radical (unpaired) electrons. The van der Waals surface area contributed by atoms with E-state index in [4.69, 9.17) is 38.0 Å². The van der Waals surface area contributed by atoms with E-state index < -0.39 is 5.97 Å². The summed E-state index contributed by atoms with van der Waals surface area (Å²) in [5, 5.41) is 19.5. The summed E-state index contributed by atoms with van der Waals surface area (Å²) in [6.45, 7) is 8.75. The molecule has 44 heavy (non-hydrogen) atoms. The van der Waals surface area contributed by atoms with Crippen molar-refractivity contribution < 1.29 is 19.7 Å². The van der Waals surface area contributed by atoms with Crippen LogP contribution in [0.4, 0.5) is 5.82 Å². The Morgan fingerprint density at radius 1 is 0.955 bits per heavy atom. The van der Waals surface area contributed by atoms with Crippen LogP contribution in [0.25, 0.3) is 11.3 Å². The molecule has 0 spiro atoms. The van der Waals surface area contributed by atoms with Gasteiger partial charge in [-0.2, -0.15) is 0 Å². The van der Waals surface area contributed by atoms with E-state index in [0.717, 1.165) is 88.6 Å². The number of rotatable bonds is 12. The van der Waals surface area contributed by atoms with Crippen LogP contribution >= 0.6 is 23.2 Å². The normalized spacial score (nSPS) is 17.5. The smallest absolute Gasteiger partial charge is 0.306 e. The number of aliphatic hydroxyl groups excluding tert-OH is 1. The highest BCUT2D eigenvalue weighted by atomic mass is 35.5. The van der Waals surface area contributed by atoms with Crippen LogP contribution in [0.5, 0.6) is 11.8 Å². The molecule has 0 saturated carbocycles. The van der Waals surface area contributed by atoms with Gasteiger partial charge in [-0.25, -0.2) is 15.0 Å². The van der Waals surface area contributed by atoms with E-state index in [0.29, 0.717) is 39.8 Å². The van der Waals surface area contributed by atoms with Gasteiger partial charge in [0.2, 0.25) is 11.8 Å². The molecule has 1 unspecified atom stereocenters. The number of piperidine rings is 1. The molecule has 3 aromatic rings. The summed E-state index contributed by atoms with van der Waals surface area (Å²) >= 11 is 12.6. The lowest BCUT2D eigenvalue weighted by atomic mass is 9.93. The first-order chi connectivity index (χ1) is 21.2. The maximum atomic E-state index is 11.1. The van der Waals surface area contributed by atoms with Crippen molar-refractivity contribution in [1.82, 2.24) is 24.8 Å². The molecule has 2 aliphatic rings. The number of carboxylic acids is 1. The number of hydrogen-bond acceptors (Lipinski definition) is 9. The van der Waals surface area contributed by atoms with Crippen LogP contribution in [0.15, 0.2) is 42.7 Å². The van der Waals surface area contributed by atoms with Crippen LogP contribution in [0.2, 0.25) is 10.0 Å². The zero-order valence-corrected chi connectivity index (χ0v) is 26.6. The van der Waals surface area contributed by atoms with Crippen molar-refractivity contribution in [1.29, 1.82) is 0 Å². The Morgan fingerprint density at radius 2 is 1.68 bits per heavy atom. The topological polar surface area (TPSA) is 115 Å². The van der Waals surface area contributed by atoms with Crippen LogP contribution in [0.1, 0.15) is 38.2 Å². The fraction of sp³-hybridized carbons (Fsp3) is 0.500. The van der Waals surface area contributed by atoms with Gasteiger partial charge in [-0.05, 0) is 81.1 Å². The Balaban J connectivity index is 1.26. The number of carbonyl (C=O) groups is 1. The molecular formula is C32H40Cl2N6O4. The molecule has 0 amide bonds. The maximum Gasteiger partial charge on any atom is 0.306 e. The standard InChI is InChI=1S/C32H40Cl2N6O4/c1-22(32(42)43)2-6-38-9-11-40(12-10-38)29-19-36-31(20-35-29)44-30-15-24(21-39-7-3-23(4-8-39)5-13-41)14-28(37-30)25-16-26(33)18-27(34)17-25/h14-20,22-23,41H,2-13,21H2,1H3,(H,42,43). The Morgan fingerprint density at radius 3 is 2.32 bits per heavy atom. The average molecular weight is 644 g/mol. The zero-order chi connectivity index (χ0) is 31.1. The highest BCUT2D eigenvalue weighted by molar-refractivity contribution is 6.35. The Bertz CT molecular complexity index is 1380. The molecule has 2 N–H and O–H groups in total. The third-order valence-electron chi connectivity index (χ3n) is 8.49. The molecule has 1 atom stereocenters. The Hall–Kier alpha value is -3.02. The van der Waals surface area contributed by atoms with E-state index in [-0.39, 0.29) is 12.5 Å². The van der Waals surface area contributed by atoms with Crippen LogP contribution in [0.3, 0.4) is 0 Å². The second-order valence-electron chi connectivity index (χ2n) is 11.8. The number of hydrogen-bond donors (Lipinski definition) is 2. The number of anilines is 1. The van der Waals surface area contributed by atoms with Gasteiger partial charge in [0.1, 0.15) is 5.82 Å². The molecule has 12 heteroatoms. The van der Waals surface area contributed by atoms with Crippen LogP contribution < -0.4 is 9.64 Å². The molecule has 10 nitrogen and oxygen atoms in total. The van der Waals surface area contributed by atoms with E-state index in [2.05, 4.69) is 24.7 Å². The summed E-state index contributed by atoms with van der Waals surface area (Å²) in [4.78, 5) is 31.9. The second kappa shape index (κ2) is 15.3. The van der Waals surface area contributed by atoms with Crippen molar-refractivity contribution >= 4 is 35.0 Å². The summed E-state index contributed by atoms with van der Waals surface area (Å²) in [6, 6.07) is 9.36. The summed E-state index contributed by atoms with van der Waals surface area (Å²) in [7, 11) is 0. The highest BCUT2D eigenvalue weighted by Crippen LogP contribution is 2.31. The molecule has 0 aliphatic carbocycles. The molecule has 1 aromatic carbocycles. The van der Waals surface area contributed by atoms with Gasteiger partial charge >= 0.3 is 5.97 Å². The largest absolute Gasteiger partial charge is 0.481 e. The van der Waals surface area contributed by atoms with Crippen LogP contribution in [0, 0.1) is 11.8 Å². The number of aliphatic hydroxyl groups is 1. The minimum atomic E-state index is -0.747. The number of piperazine rings is 1.